The molecular weight excluding hydrogens is 362 g/mol. The lowest BCUT2D eigenvalue weighted by Crippen LogP contribution is -2.47. The number of aliphatic carboxylic acids is 1. The summed E-state index contributed by atoms with van der Waals surface area (Å²) in [6.07, 6.45) is 2.60. The number of carboxylic acid groups (broad SMARTS) is 1. The Morgan fingerprint density at radius 2 is 2.00 bits per heavy atom. The maximum absolute atomic E-state index is 13.0. The Hall–Kier alpha value is -2.28. The molecule has 3 aliphatic heterocycles. The van der Waals surface area contributed by atoms with Crippen LogP contribution in [0.5, 0.6) is 11.5 Å². The zero-order chi connectivity index (χ0) is 19.7. The summed E-state index contributed by atoms with van der Waals surface area (Å²) < 4.78 is 16.8. The highest BCUT2D eigenvalue weighted by Crippen LogP contribution is 2.35. The maximum atomic E-state index is 13.0. The first-order valence-corrected chi connectivity index (χ1v) is 9.99. The molecule has 3 aliphatic rings. The first-order valence-electron chi connectivity index (χ1n) is 9.99. The van der Waals surface area contributed by atoms with Crippen LogP contribution in [0.3, 0.4) is 0 Å². The quantitative estimate of drug-likeness (QED) is 0.848. The zero-order valence-electron chi connectivity index (χ0n) is 16.1. The number of ether oxygens (including phenoxy) is 3. The number of hydrogen-bond donors (Lipinski definition) is 1. The highest BCUT2D eigenvalue weighted by atomic mass is 16.5. The van der Waals surface area contributed by atoms with Crippen LogP contribution in [0.2, 0.25) is 0 Å². The van der Waals surface area contributed by atoms with E-state index in [1.165, 1.54) is 0 Å². The third kappa shape index (κ3) is 3.68. The lowest BCUT2D eigenvalue weighted by Gasteiger charge is -2.37. The molecule has 1 amide bonds. The van der Waals surface area contributed by atoms with Crippen molar-refractivity contribution in [1.82, 2.24) is 4.90 Å². The molecule has 0 spiro atoms. The predicted octanol–water partition coefficient (Wildman–Crippen LogP) is 1.97. The third-order valence-corrected chi connectivity index (χ3v) is 6.29. The fourth-order valence-corrected chi connectivity index (χ4v) is 4.70. The van der Waals surface area contributed by atoms with Gasteiger partial charge in [-0.1, -0.05) is 0 Å². The van der Waals surface area contributed by atoms with Gasteiger partial charge in [0.2, 0.25) is 5.91 Å². The number of piperidine rings is 1. The molecule has 3 heterocycles. The van der Waals surface area contributed by atoms with Gasteiger partial charge in [-0.2, -0.15) is 0 Å². The Balaban J connectivity index is 1.35. The average molecular weight is 389 g/mol. The molecule has 0 bridgehead atoms. The molecule has 28 heavy (non-hydrogen) atoms. The van der Waals surface area contributed by atoms with Crippen molar-refractivity contribution in [1.29, 1.82) is 0 Å². The number of carbonyl (C=O) groups excluding carboxylic acids is 1. The molecule has 1 N–H and O–H groups in total. The van der Waals surface area contributed by atoms with Crippen molar-refractivity contribution in [3.05, 3.63) is 23.8 Å². The van der Waals surface area contributed by atoms with E-state index in [1.54, 1.807) is 7.11 Å². The molecule has 3 atom stereocenters. The summed E-state index contributed by atoms with van der Waals surface area (Å²) in [6, 6.07) is 5.69. The smallest absolute Gasteiger partial charge is 0.309 e. The molecule has 0 saturated carbocycles. The van der Waals surface area contributed by atoms with Crippen molar-refractivity contribution >= 4 is 11.9 Å². The number of amides is 1. The molecule has 0 aromatic heterocycles. The molecule has 0 aliphatic carbocycles. The van der Waals surface area contributed by atoms with Crippen LogP contribution in [-0.4, -0.2) is 61.4 Å². The highest BCUT2D eigenvalue weighted by molar-refractivity contribution is 5.80. The minimum atomic E-state index is -0.769. The van der Waals surface area contributed by atoms with Crippen LogP contribution >= 0.6 is 0 Å². The van der Waals surface area contributed by atoms with Gasteiger partial charge in [0.1, 0.15) is 18.1 Å². The Bertz CT molecular complexity index is 742. The van der Waals surface area contributed by atoms with E-state index >= 15 is 0 Å². The fraction of sp³-hybridized carbons (Fsp3) is 0.619. The van der Waals surface area contributed by atoms with Crippen molar-refractivity contribution < 1.29 is 28.9 Å². The number of carbonyl (C=O) groups is 2. The second-order valence-electron chi connectivity index (χ2n) is 7.92. The van der Waals surface area contributed by atoms with Crippen LogP contribution in [0.15, 0.2) is 18.2 Å². The number of carboxylic acids is 1. The van der Waals surface area contributed by atoms with Gasteiger partial charge in [0.15, 0.2) is 0 Å². The molecule has 7 heteroatoms. The normalized spacial score (nSPS) is 27.8. The Kier molecular flexibility index (Phi) is 5.44. The topological polar surface area (TPSA) is 85.3 Å². The van der Waals surface area contributed by atoms with E-state index in [2.05, 4.69) is 0 Å². The summed E-state index contributed by atoms with van der Waals surface area (Å²) in [4.78, 5) is 26.3. The van der Waals surface area contributed by atoms with Crippen LogP contribution < -0.4 is 9.47 Å². The molecule has 1 aromatic carbocycles. The lowest BCUT2D eigenvalue weighted by atomic mass is 9.84. The monoisotopic (exact) mass is 389 g/mol. The first kappa shape index (κ1) is 19.1. The summed E-state index contributed by atoms with van der Waals surface area (Å²) in [5, 5.41) is 9.37. The van der Waals surface area contributed by atoms with Gasteiger partial charge >= 0.3 is 5.97 Å². The van der Waals surface area contributed by atoms with E-state index in [9.17, 15) is 14.7 Å². The predicted molar refractivity (Wildman–Crippen MR) is 100 cm³/mol. The van der Waals surface area contributed by atoms with Crippen LogP contribution in [0.1, 0.15) is 24.8 Å². The number of likely N-dealkylation sites (tertiary alicyclic amines) is 1. The van der Waals surface area contributed by atoms with Crippen LogP contribution in [0, 0.1) is 17.8 Å². The van der Waals surface area contributed by atoms with Crippen LogP contribution in [0.4, 0.5) is 0 Å². The SMILES string of the molecule is COc1ccc2c(c1)CC(C(=O)N1CCC([C@@H]3OCCC3C(=O)O)CC1)CO2. The van der Waals surface area contributed by atoms with E-state index in [-0.39, 0.29) is 23.8 Å². The van der Waals surface area contributed by atoms with Gasteiger partial charge in [0, 0.05) is 19.7 Å². The molecule has 2 saturated heterocycles. The molecule has 0 radical (unpaired) electrons. The minimum absolute atomic E-state index is 0.119. The fourth-order valence-electron chi connectivity index (χ4n) is 4.70. The van der Waals surface area contributed by atoms with Gasteiger partial charge in [0.05, 0.1) is 25.0 Å². The Labute approximate surface area is 164 Å². The van der Waals surface area contributed by atoms with Gasteiger partial charge in [0.25, 0.3) is 0 Å². The summed E-state index contributed by atoms with van der Waals surface area (Å²) in [6.45, 7) is 2.21. The second-order valence-corrected chi connectivity index (χ2v) is 7.92. The molecule has 2 unspecified atom stereocenters. The van der Waals surface area contributed by atoms with E-state index in [1.807, 2.05) is 23.1 Å². The molecular formula is C21H27NO6. The van der Waals surface area contributed by atoms with Crippen molar-refractivity contribution in [3.63, 3.8) is 0 Å². The lowest BCUT2D eigenvalue weighted by molar-refractivity contribution is -0.146. The van der Waals surface area contributed by atoms with E-state index in [0.29, 0.717) is 39.1 Å². The van der Waals surface area contributed by atoms with Gasteiger partial charge in [-0.05, 0) is 55.4 Å². The first-order chi connectivity index (χ1) is 13.6. The number of methoxy groups -OCH3 is 1. The zero-order valence-corrected chi connectivity index (χ0v) is 16.1. The number of rotatable bonds is 4. The maximum Gasteiger partial charge on any atom is 0.309 e. The van der Waals surface area contributed by atoms with Gasteiger partial charge in [-0.25, -0.2) is 0 Å². The molecule has 152 valence electrons. The van der Waals surface area contributed by atoms with E-state index in [0.717, 1.165) is 29.9 Å². The Morgan fingerprint density at radius 1 is 1.21 bits per heavy atom. The van der Waals surface area contributed by atoms with Gasteiger partial charge < -0.3 is 24.2 Å². The van der Waals surface area contributed by atoms with Gasteiger partial charge in [-0.15, -0.1) is 0 Å². The molecule has 2 fully saturated rings. The number of benzene rings is 1. The molecule has 7 nitrogen and oxygen atoms in total. The highest BCUT2D eigenvalue weighted by Gasteiger charge is 2.41. The number of hydrogen-bond acceptors (Lipinski definition) is 5. The van der Waals surface area contributed by atoms with Crippen LogP contribution in [0.25, 0.3) is 0 Å². The number of fused-ring (bicyclic) bond motifs is 1. The van der Waals surface area contributed by atoms with E-state index < -0.39 is 11.9 Å². The van der Waals surface area contributed by atoms with Crippen molar-refractivity contribution in [2.24, 2.45) is 17.8 Å². The van der Waals surface area contributed by atoms with Crippen LogP contribution in [-0.2, 0) is 20.7 Å². The second kappa shape index (κ2) is 7.99. The Morgan fingerprint density at radius 3 is 2.71 bits per heavy atom. The van der Waals surface area contributed by atoms with Crippen molar-refractivity contribution in [3.8, 4) is 11.5 Å². The van der Waals surface area contributed by atoms with Crippen molar-refractivity contribution in [2.75, 3.05) is 33.4 Å². The van der Waals surface area contributed by atoms with Gasteiger partial charge in [-0.3, -0.25) is 9.59 Å². The molecule has 1 aromatic rings. The minimum Gasteiger partial charge on any atom is -0.497 e. The number of nitrogens with zero attached hydrogens (tertiary/aromatic N) is 1. The summed E-state index contributed by atoms with van der Waals surface area (Å²) >= 11 is 0. The largest absolute Gasteiger partial charge is 0.497 e. The summed E-state index contributed by atoms with van der Waals surface area (Å²) in [5.41, 5.74) is 1.00. The molecule has 4 rings (SSSR count). The summed E-state index contributed by atoms with van der Waals surface area (Å²) in [7, 11) is 1.63. The van der Waals surface area contributed by atoms with E-state index in [4.69, 9.17) is 14.2 Å². The average Bonchev–Trinajstić information content (AvgIpc) is 3.23. The van der Waals surface area contributed by atoms with Crippen molar-refractivity contribution in [2.45, 2.75) is 31.8 Å². The standard InChI is InChI=1S/C21H27NO6/c1-26-16-2-3-18-14(11-16)10-15(12-28-18)20(23)22-7-4-13(5-8-22)19-17(21(24)25)6-9-27-19/h2-3,11,13,15,17,19H,4-10,12H2,1H3,(H,24,25)/t15?,17?,19-/m0/s1. The summed E-state index contributed by atoms with van der Waals surface area (Å²) in [5.74, 6) is 0.544. The third-order valence-electron chi connectivity index (χ3n) is 6.29.